The van der Waals surface area contributed by atoms with E-state index < -0.39 is 13.7 Å². The van der Waals surface area contributed by atoms with Crippen LogP contribution in [-0.2, 0) is 0 Å². The molecule has 0 saturated heterocycles. The molecule has 4 rings (SSSR count). The Labute approximate surface area is 274 Å². The number of hydrogen-bond acceptors (Lipinski definition) is 5. The minimum Gasteiger partial charge on any atom is -0.508 e. The van der Waals surface area contributed by atoms with Gasteiger partial charge in [0.1, 0.15) is 17.2 Å². The van der Waals surface area contributed by atoms with Crippen molar-refractivity contribution in [1.82, 2.24) is 0 Å². The van der Waals surface area contributed by atoms with E-state index >= 15 is 0 Å². The number of aryl methyl sites for hydroxylation is 1. The topological polar surface area (TPSA) is 72.8 Å². The highest BCUT2D eigenvalue weighted by molar-refractivity contribution is 6.07. The van der Waals surface area contributed by atoms with Gasteiger partial charge in [0.05, 0.1) is 13.3 Å². The van der Waals surface area contributed by atoms with Gasteiger partial charge in [0.15, 0.2) is 11.6 Å². The highest BCUT2D eigenvalue weighted by Crippen LogP contribution is 2.16. The smallest absolute Gasteiger partial charge is 0.228 e. The number of allylic oxidation sites excluding steroid dienone is 2. The maximum Gasteiger partial charge on any atom is 0.228 e. The summed E-state index contributed by atoms with van der Waals surface area (Å²) < 4.78 is 53.9. The molecule has 252 valence electrons. The van der Waals surface area contributed by atoms with Gasteiger partial charge in [-0.05, 0) is 92.6 Å². The molecule has 1 N–H and O–H groups in total. The van der Waals surface area contributed by atoms with Gasteiger partial charge in [-0.25, -0.2) is 8.78 Å². The van der Waals surface area contributed by atoms with Gasteiger partial charge in [-0.3, -0.25) is 18.4 Å². The molecule has 5 nitrogen and oxygen atoms in total. The first kappa shape index (κ1) is 41.8. The van der Waals surface area contributed by atoms with Crippen molar-refractivity contribution >= 4 is 23.7 Å². The molecule has 0 heterocycles. The maximum absolute atomic E-state index is 12.0. The lowest BCUT2D eigenvalue weighted by atomic mass is 10.1. The Bertz CT molecular complexity index is 1350. The summed E-state index contributed by atoms with van der Waals surface area (Å²) in [5.41, 5.74) is 3.94. The van der Waals surface area contributed by atoms with Gasteiger partial charge in [0.2, 0.25) is 13.7 Å². The fraction of sp³-hybridized carbons (Fsp3) is 0.211. The lowest BCUT2D eigenvalue weighted by Crippen LogP contribution is -1.93. The Morgan fingerprint density at radius 1 is 0.596 bits per heavy atom. The number of benzene rings is 4. The highest BCUT2D eigenvalue weighted by Gasteiger charge is 2.02. The molecule has 0 bridgehead atoms. The average Bonchev–Trinajstić information content (AvgIpc) is 3.06. The number of aromatic hydroxyl groups is 1. The monoisotopic (exact) mass is 654 g/mol. The van der Waals surface area contributed by atoms with Crippen molar-refractivity contribution in [3.63, 3.8) is 0 Å². The average molecular weight is 655 g/mol. The van der Waals surface area contributed by atoms with Crippen LogP contribution in [0, 0.1) is 6.92 Å². The second-order valence-electron chi connectivity index (χ2n) is 8.99. The number of halogens is 4. The van der Waals surface area contributed by atoms with Gasteiger partial charge >= 0.3 is 0 Å². The molecular weight excluding hydrogens is 612 g/mol. The van der Waals surface area contributed by atoms with E-state index in [-0.39, 0.29) is 38.1 Å². The molecule has 0 atom stereocenters. The Kier molecular flexibility index (Phi) is 22.3. The van der Waals surface area contributed by atoms with Crippen molar-refractivity contribution in [2.75, 3.05) is 27.1 Å². The molecule has 0 amide bonds. The van der Waals surface area contributed by atoms with Crippen LogP contribution in [-0.4, -0.2) is 43.7 Å². The van der Waals surface area contributed by atoms with Gasteiger partial charge in [0, 0.05) is 11.1 Å². The van der Waals surface area contributed by atoms with E-state index in [1.54, 1.807) is 84.9 Å². The number of alkyl halides is 4. The predicted molar refractivity (Wildman–Crippen MR) is 182 cm³/mol. The van der Waals surface area contributed by atoms with E-state index in [9.17, 15) is 27.2 Å². The number of phenolic OH excluding ortho intramolecular Hbond substituents is 1. The molecule has 0 aromatic heterocycles. The summed E-state index contributed by atoms with van der Waals surface area (Å²) in [4.78, 5) is 23.8. The molecule has 47 heavy (non-hydrogen) atoms. The second kappa shape index (κ2) is 25.1. The number of rotatable bonds is 10. The third kappa shape index (κ3) is 17.8. The summed E-state index contributed by atoms with van der Waals surface area (Å²) in [5.74, 6) is 0.821. The van der Waals surface area contributed by atoms with Crippen LogP contribution in [0.1, 0.15) is 58.7 Å². The molecule has 0 unspecified atom stereocenters. The third-order valence-electron chi connectivity index (χ3n) is 5.54. The van der Waals surface area contributed by atoms with Gasteiger partial charge < -0.3 is 14.6 Å². The minimum atomic E-state index is -0.867. The fourth-order valence-corrected chi connectivity index (χ4v) is 3.36. The zero-order chi connectivity index (χ0) is 34.2. The van der Waals surface area contributed by atoms with Crippen LogP contribution in [0.3, 0.4) is 0 Å². The molecule has 0 spiro atoms. The molecule has 9 heteroatoms. The number of ether oxygens (including phenoxy) is 2. The molecule has 0 aliphatic carbocycles. The molecule has 0 aliphatic rings. The van der Waals surface area contributed by atoms with Crippen molar-refractivity contribution in [3.05, 3.63) is 137 Å². The van der Waals surface area contributed by atoms with E-state index in [0.717, 1.165) is 16.7 Å². The summed E-state index contributed by atoms with van der Waals surface area (Å²) in [7, 11) is 0. The Balaban J connectivity index is 0.000000757. The van der Waals surface area contributed by atoms with Crippen molar-refractivity contribution < 1.29 is 41.7 Å². The summed E-state index contributed by atoms with van der Waals surface area (Å²) in [6, 6.07) is 27.0. The summed E-state index contributed by atoms with van der Waals surface area (Å²) in [6.07, 6.45) is 6.35. The SMILES string of the molecule is C.CCF.CCF.Cc1ccc(C(=O)C=Cc2ccc(OCF)cc2)cc1.O=C(C=Cc1ccc(OCF)cc1)c1ccc(O)cc1. The van der Waals surface area contributed by atoms with Crippen molar-refractivity contribution in [3.8, 4) is 17.2 Å². The molecule has 0 radical (unpaired) electrons. The second-order valence-corrected chi connectivity index (χ2v) is 8.99. The normalized spacial score (nSPS) is 9.85. The Morgan fingerprint density at radius 2 is 0.915 bits per heavy atom. The fourth-order valence-electron chi connectivity index (χ4n) is 3.36. The standard InChI is InChI=1S/C17H15FO2.C16H13FO3.2C2H5F.CH4/c1-13-2-7-15(8-3-13)17(19)11-6-14-4-9-16(10-5-14)20-12-18;17-11-20-15-8-1-12(2-9-15)3-10-16(19)13-4-6-14(18)7-5-13;2*1-2-3;/h2-11H,12H2,1H3;1-10,18H,11H2;2*2H2,1H3;1H4. The largest absolute Gasteiger partial charge is 0.508 e. The third-order valence-corrected chi connectivity index (χ3v) is 5.54. The molecule has 0 aliphatic heterocycles. The van der Waals surface area contributed by atoms with E-state index in [4.69, 9.17) is 9.84 Å². The van der Waals surface area contributed by atoms with Crippen LogP contribution in [0.4, 0.5) is 17.6 Å². The molecule has 0 fully saturated rings. The molecular formula is C38H42F4O5. The van der Waals surface area contributed by atoms with Crippen LogP contribution in [0.25, 0.3) is 12.2 Å². The van der Waals surface area contributed by atoms with Crippen molar-refractivity contribution in [1.29, 1.82) is 0 Å². The number of carbonyl (C=O) groups excluding carboxylic acids is 2. The first-order valence-corrected chi connectivity index (χ1v) is 14.2. The quantitative estimate of drug-likeness (QED) is 0.105. The summed E-state index contributed by atoms with van der Waals surface area (Å²) >= 11 is 0. The first-order valence-electron chi connectivity index (χ1n) is 14.2. The van der Waals surface area contributed by atoms with E-state index in [2.05, 4.69) is 4.74 Å². The highest BCUT2D eigenvalue weighted by atomic mass is 19.1. The van der Waals surface area contributed by atoms with Gasteiger partial charge in [-0.15, -0.1) is 0 Å². The van der Waals surface area contributed by atoms with Gasteiger partial charge in [-0.1, -0.05) is 73.7 Å². The van der Waals surface area contributed by atoms with E-state index in [1.807, 2.05) is 19.1 Å². The summed E-state index contributed by atoms with van der Waals surface area (Å²) in [6.45, 7) is 2.68. The van der Waals surface area contributed by atoms with E-state index in [0.29, 0.717) is 22.6 Å². The van der Waals surface area contributed by atoms with Crippen molar-refractivity contribution in [2.24, 2.45) is 0 Å². The molecule has 4 aromatic carbocycles. The van der Waals surface area contributed by atoms with Crippen LogP contribution >= 0.6 is 0 Å². The first-order chi connectivity index (χ1) is 22.2. The number of phenols is 1. The van der Waals surface area contributed by atoms with Crippen LogP contribution in [0.5, 0.6) is 17.2 Å². The number of hydrogen-bond donors (Lipinski definition) is 1. The Hall–Kier alpha value is -5.18. The van der Waals surface area contributed by atoms with Crippen LogP contribution in [0.2, 0.25) is 0 Å². The number of carbonyl (C=O) groups is 2. The minimum absolute atomic E-state index is 0. The van der Waals surface area contributed by atoms with Crippen LogP contribution in [0.15, 0.2) is 109 Å². The zero-order valence-corrected chi connectivity index (χ0v) is 26.0. The van der Waals surface area contributed by atoms with Crippen molar-refractivity contribution in [2.45, 2.75) is 28.2 Å². The molecule has 0 saturated carbocycles. The van der Waals surface area contributed by atoms with Gasteiger partial charge in [0.25, 0.3) is 0 Å². The lowest BCUT2D eigenvalue weighted by Gasteiger charge is -2.00. The molecule has 4 aromatic rings. The van der Waals surface area contributed by atoms with Crippen LogP contribution < -0.4 is 9.47 Å². The Morgan fingerprint density at radius 3 is 1.23 bits per heavy atom. The lowest BCUT2D eigenvalue weighted by molar-refractivity contribution is 0.103. The van der Waals surface area contributed by atoms with E-state index in [1.165, 1.54) is 38.1 Å². The number of ketones is 2. The maximum atomic E-state index is 12.0. The zero-order valence-electron chi connectivity index (χ0n) is 26.0. The summed E-state index contributed by atoms with van der Waals surface area (Å²) in [5, 5.41) is 9.15. The predicted octanol–water partition coefficient (Wildman–Crippen LogP) is 10.4. The van der Waals surface area contributed by atoms with Gasteiger partial charge in [-0.2, -0.15) is 0 Å².